The molecule has 0 aliphatic heterocycles. The highest BCUT2D eigenvalue weighted by Crippen LogP contribution is 2.22. The van der Waals surface area contributed by atoms with E-state index in [9.17, 15) is 4.39 Å². The second kappa shape index (κ2) is 5.23. The van der Waals surface area contributed by atoms with Crippen LogP contribution in [0.3, 0.4) is 0 Å². The van der Waals surface area contributed by atoms with Crippen LogP contribution in [0, 0.1) is 12.7 Å². The standard InChI is InChI=1S/C14H17FN2/c1-10-5-7-17-14-12(10)8-11(9-13(14)15)4-2-3-6-16/h5,7-9H,2-4,6,16H2,1H3. The van der Waals surface area contributed by atoms with Crippen molar-refractivity contribution in [1.29, 1.82) is 0 Å². The van der Waals surface area contributed by atoms with E-state index in [0.717, 1.165) is 35.8 Å². The Morgan fingerprint density at radius 2 is 2.12 bits per heavy atom. The maximum Gasteiger partial charge on any atom is 0.149 e. The van der Waals surface area contributed by atoms with Crippen molar-refractivity contribution in [2.24, 2.45) is 5.73 Å². The van der Waals surface area contributed by atoms with E-state index in [1.165, 1.54) is 0 Å². The molecule has 0 spiro atoms. The van der Waals surface area contributed by atoms with Crippen molar-refractivity contribution in [3.63, 3.8) is 0 Å². The molecule has 1 aromatic heterocycles. The predicted molar refractivity (Wildman–Crippen MR) is 68.4 cm³/mol. The summed E-state index contributed by atoms with van der Waals surface area (Å²) in [6, 6.07) is 5.54. The molecular formula is C14H17FN2. The number of nitrogens with zero attached hydrogens (tertiary/aromatic N) is 1. The fourth-order valence-electron chi connectivity index (χ4n) is 2.02. The Morgan fingerprint density at radius 3 is 2.88 bits per heavy atom. The molecule has 1 heterocycles. The smallest absolute Gasteiger partial charge is 0.149 e. The first kappa shape index (κ1) is 12.0. The SMILES string of the molecule is Cc1ccnc2c(F)cc(CCCCN)cc12. The minimum atomic E-state index is -0.228. The molecule has 0 radical (unpaired) electrons. The lowest BCUT2D eigenvalue weighted by Gasteiger charge is -2.06. The largest absolute Gasteiger partial charge is 0.330 e. The summed E-state index contributed by atoms with van der Waals surface area (Å²) in [5.41, 5.74) is 8.01. The van der Waals surface area contributed by atoms with Gasteiger partial charge < -0.3 is 5.73 Å². The fourth-order valence-corrected chi connectivity index (χ4v) is 2.02. The van der Waals surface area contributed by atoms with Crippen LogP contribution in [0.25, 0.3) is 10.9 Å². The van der Waals surface area contributed by atoms with Crippen molar-refractivity contribution < 1.29 is 4.39 Å². The average Bonchev–Trinajstić information content (AvgIpc) is 2.31. The van der Waals surface area contributed by atoms with E-state index in [-0.39, 0.29) is 5.82 Å². The molecule has 0 unspecified atom stereocenters. The van der Waals surface area contributed by atoms with Crippen molar-refractivity contribution in [1.82, 2.24) is 4.98 Å². The molecule has 0 atom stereocenters. The Hall–Kier alpha value is -1.48. The van der Waals surface area contributed by atoms with Gasteiger partial charge in [0.25, 0.3) is 0 Å². The number of rotatable bonds is 4. The quantitative estimate of drug-likeness (QED) is 0.823. The summed E-state index contributed by atoms with van der Waals surface area (Å²) in [4.78, 5) is 4.08. The molecule has 0 bridgehead atoms. The van der Waals surface area contributed by atoms with Gasteiger partial charge in [0, 0.05) is 11.6 Å². The first-order valence-corrected chi connectivity index (χ1v) is 5.96. The lowest BCUT2D eigenvalue weighted by atomic mass is 10.0. The monoisotopic (exact) mass is 232 g/mol. The number of aromatic nitrogens is 1. The van der Waals surface area contributed by atoms with Crippen LogP contribution in [0.15, 0.2) is 24.4 Å². The lowest BCUT2D eigenvalue weighted by Crippen LogP contribution is -1.99. The van der Waals surface area contributed by atoms with Crippen molar-refractivity contribution in [2.45, 2.75) is 26.2 Å². The molecule has 2 rings (SSSR count). The third-order valence-electron chi connectivity index (χ3n) is 3.00. The number of hydrogen-bond donors (Lipinski definition) is 1. The molecular weight excluding hydrogens is 215 g/mol. The van der Waals surface area contributed by atoms with Gasteiger partial charge in [0.1, 0.15) is 11.3 Å². The molecule has 0 aliphatic rings. The van der Waals surface area contributed by atoms with Crippen LogP contribution >= 0.6 is 0 Å². The Morgan fingerprint density at radius 1 is 1.29 bits per heavy atom. The Bertz CT molecular complexity index is 523. The van der Waals surface area contributed by atoms with Gasteiger partial charge in [-0.1, -0.05) is 0 Å². The van der Waals surface area contributed by atoms with E-state index in [4.69, 9.17) is 5.73 Å². The van der Waals surface area contributed by atoms with E-state index in [2.05, 4.69) is 4.98 Å². The number of hydrogen-bond acceptors (Lipinski definition) is 2. The van der Waals surface area contributed by atoms with Crippen LogP contribution in [-0.4, -0.2) is 11.5 Å². The zero-order valence-electron chi connectivity index (χ0n) is 10.0. The minimum absolute atomic E-state index is 0.228. The van der Waals surface area contributed by atoms with Crippen LogP contribution in [0.5, 0.6) is 0 Å². The first-order chi connectivity index (χ1) is 8.22. The number of fused-ring (bicyclic) bond motifs is 1. The second-order valence-electron chi connectivity index (χ2n) is 4.35. The highest BCUT2D eigenvalue weighted by Gasteiger charge is 2.06. The topological polar surface area (TPSA) is 38.9 Å². The number of nitrogens with two attached hydrogens (primary N) is 1. The Balaban J connectivity index is 2.36. The molecule has 0 saturated heterocycles. The normalized spacial score (nSPS) is 11.0. The molecule has 0 aliphatic carbocycles. The molecule has 17 heavy (non-hydrogen) atoms. The number of aryl methyl sites for hydroxylation is 2. The molecule has 2 N–H and O–H groups in total. The summed E-state index contributed by atoms with van der Waals surface area (Å²) in [6.45, 7) is 2.67. The molecule has 1 aromatic carbocycles. The van der Waals surface area contributed by atoms with E-state index in [1.54, 1.807) is 12.3 Å². The maximum atomic E-state index is 13.8. The summed E-state index contributed by atoms with van der Waals surface area (Å²) in [5, 5.41) is 0.912. The van der Waals surface area contributed by atoms with E-state index in [0.29, 0.717) is 12.1 Å². The van der Waals surface area contributed by atoms with Gasteiger partial charge in [-0.15, -0.1) is 0 Å². The van der Waals surface area contributed by atoms with Gasteiger partial charge in [-0.25, -0.2) is 4.39 Å². The first-order valence-electron chi connectivity index (χ1n) is 5.96. The van der Waals surface area contributed by atoms with E-state index < -0.39 is 0 Å². The highest BCUT2D eigenvalue weighted by atomic mass is 19.1. The van der Waals surface area contributed by atoms with Gasteiger partial charge in [-0.3, -0.25) is 4.98 Å². The molecule has 0 fully saturated rings. The van der Waals surface area contributed by atoms with Crippen molar-refractivity contribution in [3.8, 4) is 0 Å². The van der Waals surface area contributed by atoms with Crippen molar-refractivity contribution in [2.75, 3.05) is 6.54 Å². The summed E-state index contributed by atoms with van der Waals surface area (Å²) in [5.74, 6) is -0.228. The van der Waals surface area contributed by atoms with Gasteiger partial charge in [0.05, 0.1) is 0 Å². The zero-order chi connectivity index (χ0) is 12.3. The zero-order valence-corrected chi connectivity index (χ0v) is 10.0. The van der Waals surface area contributed by atoms with Gasteiger partial charge in [-0.2, -0.15) is 0 Å². The summed E-state index contributed by atoms with van der Waals surface area (Å²) >= 11 is 0. The average molecular weight is 232 g/mol. The number of halogens is 1. The van der Waals surface area contributed by atoms with Gasteiger partial charge in [0.15, 0.2) is 0 Å². The molecule has 3 heteroatoms. The molecule has 90 valence electrons. The molecule has 0 saturated carbocycles. The van der Waals surface area contributed by atoms with Crippen molar-refractivity contribution in [3.05, 3.63) is 41.3 Å². The summed E-state index contributed by atoms with van der Waals surface area (Å²) in [6.07, 6.45) is 4.50. The molecule has 0 amide bonds. The number of unbranched alkanes of at least 4 members (excludes halogenated alkanes) is 1. The van der Waals surface area contributed by atoms with Crippen LogP contribution in [0.1, 0.15) is 24.0 Å². The third kappa shape index (κ3) is 2.61. The van der Waals surface area contributed by atoms with Crippen LogP contribution in [-0.2, 0) is 6.42 Å². The second-order valence-corrected chi connectivity index (χ2v) is 4.35. The predicted octanol–water partition coefficient (Wildman–Crippen LogP) is 2.96. The van der Waals surface area contributed by atoms with Crippen LogP contribution in [0.4, 0.5) is 4.39 Å². The van der Waals surface area contributed by atoms with E-state index in [1.807, 2.05) is 19.1 Å². The van der Waals surface area contributed by atoms with Crippen LogP contribution < -0.4 is 5.73 Å². The highest BCUT2D eigenvalue weighted by molar-refractivity contribution is 5.83. The van der Waals surface area contributed by atoms with Crippen LogP contribution in [0.2, 0.25) is 0 Å². The number of pyridine rings is 1. The molecule has 2 nitrogen and oxygen atoms in total. The maximum absolute atomic E-state index is 13.8. The number of benzene rings is 1. The van der Waals surface area contributed by atoms with Gasteiger partial charge >= 0.3 is 0 Å². The summed E-state index contributed by atoms with van der Waals surface area (Å²) in [7, 11) is 0. The third-order valence-corrected chi connectivity index (χ3v) is 3.00. The lowest BCUT2D eigenvalue weighted by molar-refractivity contribution is 0.632. The van der Waals surface area contributed by atoms with Crippen molar-refractivity contribution >= 4 is 10.9 Å². The Labute approximate surface area is 101 Å². The minimum Gasteiger partial charge on any atom is -0.330 e. The van der Waals surface area contributed by atoms with Gasteiger partial charge in [-0.05, 0) is 62.1 Å². The fraction of sp³-hybridized carbons (Fsp3) is 0.357. The van der Waals surface area contributed by atoms with Gasteiger partial charge in [0.2, 0.25) is 0 Å². The Kier molecular flexibility index (Phi) is 3.69. The molecule has 2 aromatic rings. The summed E-state index contributed by atoms with van der Waals surface area (Å²) < 4.78 is 13.8. The van der Waals surface area contributed by atoms with E-state index >= 15 is 0 Å².